The Morgan fingerprint density at radius 3 is 2.39 bits per heavy atom. The summed E-state index contributed by atoms with van der Waals surface area (Å²) in [6.07, 6.45) is 7.90. The molecular formula is C29H48N4O3. The van der Waals surface area contributed by atoms with E-state index < -0.39 is 0 Å². The maximum absolute atomic E-state index is 13.0. The summed E-state index contributed by atoms with van der Waals surface area (Å²) in [4.78, 5) is 32.5. The summed E-state index contributed by atoms with van der Waals surface area (Å²) in [5, 5.41) is 3.11. The van der Waals surface area contributed by atoms with Crippen molar-refractivity contribution in [1.29, 1.82) is 0 Å². The highest BCUT2D eigenvalue weighted by molar-refractivity contribution is 5.97. The molecule has 1 aromatic rings. The highest BCUT2D eigenvalue weighted by atomic mass is 16.5. The van der Waals surface area contributed by atoms with Crippen LogP contribution in [-0.4, -0.2) is 80.6 Å². The lowest BCUT2D eigenvalue weighted by atomic mass is 10.0. The Morgan fingerprint density at radius 1 is 0.944 bits per heavy atom. The minimum absolute atomic E-state index is 0.0333. The second-order valence-electron chi connectivity index (χ2n) is 10.8. The number of hydrogen-bond donors (Lipinski definition) is 1. The number of amides is 2. The molecule has 7 heteroatoms. The first-order valence-corrected chi connectivity index (χ1v) is 14.2. The van der Waals surface area contributed by atoms with Crippen molar-refractivity contribution in [2.75, 3.05) is 63.9 Å². The van der Waals surface area contributed by atoms with Gasteiger partial charge in [0.2, 0.25) is 5.91 Å². The lowest BCUT2D eigenvalue weighted by Crippen LogP contribution is -2.38. The highest BCUT2D eigenvalue weighted by Crippen LogP contribution is 2.26. The Hall–Kier alpha value is -1.96. The van der Waals surface area contributed by atoms with Crippen LogP contribution in [-0.2, 0) is 16.1 Å². The molecule has 0 aromatic heterocycles. The van der Waals surface area contributed by atoms with Crippen LogP contribution in [0.3, 0.4) is 0 Å². The van der Waals surface area contributed by atoms with Crippen molar-refractivity contribution >= 4 is 17.5 Å². The van der Waals surface area contributed by atoms with Crippen LogP contribution in [0.2, 0.25) is 0 Å². The van der Waals surface area contributed by atoms with Gasteiger partial charge in [-0.1, -0.05) is 33.1 Å². The van der Waals surface area contributed by atoms with E-state index >= 15 is 0 Å². The predicted molar refractivity (Wildman–Crippen MR) is 146 cm³/mol. The van der Waals surface area contributed by atoms with Crippen molar-refractivity contribution in [3.63, 3.8) is 0 Å². The van der Waals surface area contributed by atoms with Crippen LogP contribution in [0.25, 0.3) is 0 Å². The molecule has 1 N–H and O–H groups in total. The minimum atomic E-state index is -0.0333. The molecule has 0 radical (unpaired) electrons. The van der Waals surface area contributed by atoms with Gasteiger partial charge in [-0.25, -0.2) is 0 Å². The predicted octanol–water partition coefficient (Wildman–Crippen LogP) is 4.30. The number of ether oxygens (including phenoxy) is 1. The molecular weight excluding hydrogens is 452 g/mol. The summed E-state index contributed by atoms with van der Waals surface area (Å²) < 4.78 is 5.41. The molecule has 36 heavy (non-hydrogen) atoms. The molecule has 0 atom stereocenters. The fourth-order valence-corrected chi connectivity index (χ4v) is 5.08. The smallest absolute Gasteiger partial charge is 0.251 e. The standard InChI is InChI=1S/C29H48N4O3/c1-24(2)12-17-32-14-7-5-4-6-8-16-33(25(3)34)28-11-10-26(22-27(28)23-32)29(35)30-13-9-15-31-18-20-36-21-19-31/h10-11,22,24H,4-9,12-21,23H2,1-3H3,(H,30,35). The number of rotatable bonds is 8. The summed E-state index contributed by atoms with van der Waals surface area (Å²) >= 11 is 0. The van der Waals surface area contributed by atoms with E-state index in [0.717, 1.165) is 96.0 Å². The number of benzene rings is 1. The molecule has 0 spiro atoms. The van der Waals surface area contributed by atoms with Gasteiger partial charge < -0.3 is 15.0 Å². The molecule has 0 saturated carbocycles. The van der Waals surface area contributed by atoms with Crippen molar-refractivity contribution in [2.24, 2.45) is 5.92 Å². The van der Waals surface area contributed by atoms with E-state index in [1.807, 2.05) is 23.1 Å². The number of carbonyl (C=O) groups is 2. The maximum atomic E-state index is 13.0. The number of nitrogens with one attached hydrogen (secondary N) is 1. The van der Waals surface area contributed by atoms with Crippen molar-refractivity contribution in [3.8, 4) is 0 Å². The zero-order valence-corrected chi connectivity index (χ0v) is 22.9. The molecule has 1 aromatic carbocycles. The van der Waals surface area contributed by atoms with Crippen LogP contribution < -0.4 is 10.2 Å². The first-order valence-electron chi connectivity index (χ1n) is 14.2. The Bertz CT molecular complexity index is 823. The number of morpholine rings is 1. The van der Waals surface area contributed by atoms with Gasteiger partial charge in [0.05, 0.1) is 13.2 Å². The number of carbonyl (C=O) groups excluding carboxylic acids is 2. The fourth-order valence-electron chi connectivity index (χ4n) is 5.08. The molecule has 7 nitrogen and oxygen atoms in total. The molecule has 0 unspecified atom stereocenters. The zero-order valence-electron chi connectivity index (χ0n) is 22.9. The minimum Gasteiger partial charge on any atom is -0.379 e. The van der Waals surface area contributed by atoms with Crippen molar-refractivity contribution in [1.82, 2.24) is 15.1 Å². The monoisotopic (exact) mass is 500 g/mol. The first-order chi connectivity index (χ1) is 17.4. The van der Waals surface area contributed by atoms with E-state index in [0.29, 0.717) is 18.0 Å². The highest BCUT2D eigenvalue weighted by Gasteiger charge is 2.20. The molecule has 1 fully saturated rings. The van der Waals surface area contributed by atoms with Gasteiger partial charge in [-0.2, -0.15) is 0 Å². The van der Waals surface area contributed by atoms with Gasteiger partial charge in [0.15, 0.2) is 0 Å². The first kappa shape index (κ1) is 28.6. The molecule has 0 aliphatic carbocycles. The molecule has 1 saturated heterocycles. The Balaban J connectivity index is 1.73. The number of fused-ring (bicyclic) bond motifs is 1. The second-order valence-corrected chi connectivity index (χ2v) is 10.8. The van der Waals surface area contributed by atoms with E-state index in [1.165, 1.54) is 19.3 Å². The van der Waals surface area contributed by atoms with Gasteiger partial charge in [-0.15, -0.1) is 0 Å². The summed E-state index contributed by atoms with van der Waals surface area (Å²) in [5.41, 5.74) is 2.72. The summed E-state index contributed by atoms with van der Waals surface area (Å²) in [6.45, 7) is 15.0. The third-order valence-corrected chi connectivity index (χ3v) is 7.33. The van der Waals surface area contributed by atoms with Gasteiger partial charge in [0.25, 0.3) is 5.91 Å². The molecule has 202 valence electrons. The number of anilines is 1. The normalized spacial score (nSPS) is 18.8. The van der Waals surface area contributed by atoms with Crippen molar-refractivity contribution < 1.29 is 14.3 Å². The largest absolute Gasteiger partial charge is 0.379 e. The van der Waals surface area contributed by atoms with Crippen LogP contribution in [0.15, 0.2) is 18.2 Å². The number of nitrogens with zero attached hydrogens (tertiary/aromatic N) is 3. The van der Waals surface area contributed by atoms with Gasteiger partial charge in [-0.05, 0) is 75.0 Å². The molecule has 2 aliphatic rings. The quantitative estimate of drug-likeness (QED) is 0.539. The van der Waals surface area contributed by atoms with Crippen LogP contribution in [0, 0.1) is 5.92 Å². The van der Waals surface area contributed by atoms with Crippen LogP contribution in [0.1, 0.15) is 81.6 Å². The Labute approximate surface area is 218 Å². The second kappa shape index (κ2) is 15.3. The Kier molecular flexibility index (Phi) is 12.2. The topological polar surface area (TPSA) is 65.1 Å². The summed E-state index contributed by atoms with van der Waals surface area (Å²) in [5.74, 6) is 0.686. The van der Waals surface area contributed by atoms with Crippen LogP contribution in [0.4, 0.5) is 5.69 Å². The van der Waals surface area contributed by atoms with E-state index in [4.69, 9.17) is 4.74 Å². The van der Waals surface area contributed by atoms with Gasteiger partial charge >= 0.3 is 0 Å². The van der Waals surface area contributed by atoms with E-state index in [-0.39, 0.29) is 11.8 Å². The van der Waals surface area contributed by atoms with Crippen LogP contribution in [0.5, 0.6) is 0 Å². The average molecular weight is 501 g/mol. The molecule has 0 bridgehead atoms. The van der Waals surface area contributed by atoms with Gasteiger partial charge in [0, 0.05) is 50.9 Å². The SMILES string of the molecule is CC(=O)N1CCCCCCCN(CCC(C)C)Cc2cc(C(=O)NCCCN3CCOCC3)ccc21. The van der Waals surface area contributed by atoms with E-state index in [1.54, 1.807) is 6.92 Å². The van der Waals surface area contributed by atoms with Gasteiger partial charge in [0.1, 0.15) is 0 Å². The summed E-state index contributed by atoms with van der Waals surface area (Å²) in [7, 11) is 0. The number of hydrogen-bond acceptors (Lipinski definition) is 5. The lowest BCUT2D eigenvalue weighted by Gasteiger charge is -2.29. The van der Waals surface area contributed by atoms with Gasteiger partial charge in [-0.3, -0.25) is 19.4 Å². The van der Waals surface area contributed by atoms with Crippen molar-refractivity contribution in [3.05, 3.63) is 29.3 Å². The molecule has 2 aliphatic heterocycles. The molecule has 3 rings (SSSR count). The third-order valence-electron chi connectivity index (χ3n) is 7.33. The average Bonchev–Trinajstić information content (AvgIpc) is 2.86. The summed E-state index contributed by atoms with van der Waals surface area (Å²) in [6, 6.07) is 5.90. The lowest BCUT2D eigenvalue weighted by molar-refractivity contribution is -0.116. The maximum Gasteiger partial charge on any atom is 0.251 e. The molecule has 2 amide bonds. The molecule has 2 heterocycles. The Morgan fingerprint density at radius 2 is 1.67 bits per heavy atom. The van der Waals surface area contributed by atoms with Crippen LogP contribution >= 0.6 is 0 Å². The zero-order chi connectivity index (χ0) is 25.8. The fraction of sp³-hybridized carbons (Fsp3) is 0.724. The van der Waals surface area contributed by atoms with E-state index in [9.17, 15) is 9.59 Å². The third kappa shape index (κ3) is 9.49. The van der Waals surface area contributed by atoms with E-state index in [2.05, 4.69) is 29.0 Å². The van der Waals surface area contributed by atoms with Crippen molar-refractivity contribution in [2.45, 2.75) is 72.3 Å².